The van der Waals surface area contributed by atoms with E-state index in [0.29, 0.717) is 32.5 Å². The number of hydrogen-bond donors (Lipinski definition) is 4. The van der Waals surface area contributed by atoms with Crippen LogP contribution >= 0.6 is 22.6 Å². The fourth-order valence-electron chi connectivity index (χ4n) is 4.57. The second-order valence-electron chi connectivity index (χ2n) is 12.2. The molecular weight excluding hydrogens is 777 g/mol. The lowest BCUT2D eigenvalue weighted by Crippen LogP contribution is -2.41. The molecule has 15 heteroatoms. The molecule has 51 heavy (non-hydrogen) atoms. The first-order valence-electron chi connectivity index (χ1n) is 17.6. The third-order valence-electron chi connectivity index (χ3n) is 7.73. The Morgan fingerprint density at radius 1 is 0.686 bits per heavy atom. The number of carbonyl (C=O) groups is 6. The maximum Gasteiger partial charge on any atom is 0.326 e. The minimum absolute atomic E-state index is 0.0284. The van der Waals surface area contributed by atoms with E-state index in [1.54, 1.807) is 6.92 Å². The molecule has 1 aromatic carbocycles. The van der Waals surface area contributed by atoms with E-state index in [2.05, 4.69) is 38.5 Å². The highest BCUT2D eigenvalue weighted by atomic mass is 127. The molecule has 4 N–H and O–H groups in total. The van der Waals surface area contributed by atoms with Crippen LogP contribution in [0.15, 0.2) is 24.3 Å². The highest BCUT2D eigenvalue weighted by Gasteiger charge is 2.21. The minimum Gasteiger partial charge on any atom is -0.480 e. The van der Waals surface area contributed by atoms with Gasteiger partial charge in [0.15, 0.2) is 0 Å². The Morgan fingerprint density at radius 3 is 1.92 bits per heavy atom. The maximum atomic E-state index is 12.2. The van der Waals surface area contributed by atoms with Crippen LogP contribution in [0.4, 0.5) is 0 Å². The van der Waals surface area contributed by atoms with Gasteiger partial charge in [-0.2, -0.15) is 0 Å². The number of unbranched alkanes of at least 4 members (excludes halogenated alkanes) is 1. The van der Waals surface area contributed by atoms with Crippen molar-refractivity contribution < 1.29 is 52.8 Å². The van der Waals surface area contributed by atoms with Gasteiger partial charge in [0.2, 0.25) is 17.7 Å². The lowest BCUT2D eigenvalue weighted by Gasteiger charge is -2.14. The number of ketones is 2. The Labute approximate surface area is 315 Å². The summed E-state index contributed by atoms with van der Waals surface area (Å²) in [6.07, 6.45) is 4.79. The van der Waals surface area contributed by atoms with E-state index in [4.69, 9.17) is 18.9 Å². The number of nitrogens with one attached hydrogen (secondary N) is 3. The van der Waals surface area contributed by atoms with Gasteiger partial charge in [0.05, 0.1) is 33.0 Å². The quantitative estimate of drug-likeness (QED) is 0.0616. The summed E-state index contributed by atoms with van der Waals surface area (Å²) < 4.78 is 22.5. The first kappa shape index (κ1) is 46.0. The molecule has 0 spiro atoms. The number of halogens is 1. The SMILES string of the molecule is CC(=O)[C@@H](C)CCCCNC(=O)COCCOCCNC(=O)COCCOCCCC(=O)CC[C@H](NC(=O)CCCc1ccc(I)cc1)C(=O)O. The zero-order valence-electron chi connectivity index (χ0n) is 30.0. The number of aryl methyl sites for hydroxylation is 1. The van der Waals surface area contributed by atoms with E-state index >= 15 is 0 Å². The Balaban J connectivity index is 1.94. The molecule has 0 saturated carbocycles. The molecule has 0 heterocycles. The lowest BCUT2D eigenvalue weighted by atomic mass is 10.0. The monoisotopic (exact) mass is 833 g/mol. The zero-order valence-corrected chi connectivity index (χ0v) is 32.2. The van der Waals surface area contributed by atoms with E-state index in [0.717, 1.165) is 34.8 Å². The van der Waals surface area contributed by atoms with Crippen molar-refractivity contribution in [2.45, 2.75) is 84.1 Å². The first-order chi connectivity index (χ1) is 24.5. The van der Waals surface area contributed by atoms with E-state index in [1.165, 1.54) is 0 Å². The van der Waals surface area contributed by atoms with Crippen LogP contribution < -0.4 is 16.0 Å². The van der Waals surface area contributed by atoms with Crippen LogP contribution in [0.5, 0.6) is 0 Å². The van der Waals surface area contributed by atoms with E-state index in [-0.39, 0.29) is 107 Å². The third-order valence-corrected chi connectivity index (χ3v) is 8.45. The van der Waals surface area contributed by atoms with Gasteiger partial charge in [0, 0.05) is 48.4 Å². The Hall–Kier alpha value is -2.99. The fourth-order valence-corrected chi connectivity index (χ4v) is 4.93. The largest absolute Gasteiger partial charge is 0.480 e. The normalized spacial score (nSPS) is 12.1. The summed E-state index contributed by atoms with van der Waals surface area (Å²) in [5, 5.41) is 17.4. The summed E-state index contributed by atoms with van der Waals surface area (Å²) in [5.74, 6) is -1.89. The van der Waals surface area contributed by atoms with E-state index < -0.39 is 12.0 Å². The van der Waals surface area contributed by atoms with Crippen molar-refractivity contribution in [3.63, 3.8) is 0 Å². The van der Waals surface area contributed by atoms with Crippen LogP contribution in [0, 0.1) is 9.49 Å². The summed E-state index contributed by atoms with van der Waals surface area (Å²) in [6, 6.07) is 6.89. The molecule has 0 aromatic heterocycles. The smallest absolute Gasteiger partial charge is 0.326 e. The van der Waals surface area contributed by atoms with Gasteiger partial charge in [0.25, 0.3) is 0 Å². The molecule has 0 aliphatic rings. The predicted molar refractivity (Wildman–Crippen MR) is 198 cm³/mol. The van der Waals surface area contributed by atoms with Gasteiger partial charge in [-0.1, -0.05) is 25.5 Å². The summed E-state index contributed by atoms with van der Waals surface area (Å²) in [4.78, 5) is 70.9. The van der Waals surface area contributed by atoms with Gasteiger partial charge < -0.3 is 40.0 Å². The summed E-state index contributed by atoms with van der Waals surface area (Å²) in [7, 11) is 0. The molecule has 2 atom stereocenters. The van der Waals surface area contributed by atoms with Crippen molar-refractivity contribution >= 4 is 57.8 Å². The van der Waals surface area contributed by atoms with Crippen LogP contribution in [0.3, 0.4) is 0 Å². The van der Waals surface area contributed by atoms with Crippen molar-refractivity contribution in [1.82, 2.24) is 16.0 Å². The molecule has 3 amide bonds. The second kappa shape index (κ2) is 29.6. The molecule has 288 valence electrons. The highest BCUT2D eigenvalue weighted by Crippen LogP contribution is 2.11. The maximum absolute atomic E-state index is 12.2. The molecule has 0 bridgehead atoms. The zero-order chi connectivity index (χ0) is 37.7. The van der Waals surface area contributed by atoms with Gasteiger partial charge in [0.1, 0.15) is 30.8 Å². The number of carbonyl (C=O) groups excluding carboxylic acids is 5. The van der Waals surface area contributed by atoms with Crippen molar-refractivity contribution in [3.05, 3.63) is 33.4 Å². The van der Waals surface area contributed by atoms with Crippen LogP contribution in [-0.2, 0) is 54.1 Å². The van der Waals surface area contributed by atoms with Crippen molar-refractivity contribution in [2.24, 2.45) is 5.92 Å². The number of carboxylic acid groups (broad SMARTS) is 1. The van der Waals surface area contributed by atoms with Crippen molar-refractivity contribution in [3.8, 4) is 0 Å². The fraction of sp³-hybridized carbons (Fsp3) is 0.667. The van der Waals surface area contributed by atoms with E-state index in [1.807, 2.05) is 31.2 Å². The van der Waals surface area contributed by atoms with Crippen LogP contribution in [0.1, 0.15) is 77.2 Å². The number of carboxylic acids is 1. The summed E-state index contributed by atoms with van der Waals surface area (Å²) in [6.45, 7) is 5.71. The molecule has 14 nitrogen and oxygen atoms in total. The second-order valence-corrected chi connectivity index (χ2v) is 13.4. The van der Waals surface area contributed by atoms with Crippen molar-refractivity contribution in [2.75, 3.05) is 65.9 Å². The van der Waals surface area contributed by atoms with Crippen LogP contribution in [0.2, 0.25) is 0 Å². The number of hydrogen-bond acceptors (Lipinski definition) is 10. The van der Waals surface area contributed by atoms with Gasteiger partial charge in [-0.15, -0.1) is 0 Å². The number of aliphatic carboxylic acids is 1. The molecular formula is C36H56IN3O11. The Kier molecular flexibility index (Phi) is 26.7. The standard InChI is InChI=1S/C36H56IN3O11/c1-27(28(2)41)7-3-4-17-38-34(44)25-51-24-22-49-20-18-39-35(45)26-50-23-21-48-19-6-9-31(42)15-16-32(36(46)47)40-33(43)10-5-8-29-11-13-30(37)14-12-29/h11-14,27,32H,3-10,15-26H2,1-2H3,(H,38,44)(H,39,45)(H,40,43)(H,46,47)/t27-,32-/m0/s1. The summed E-state index contributed by atoms with van der Waals surface area (Å²) >= 11 is 2.22. The van der Waals surface area contributed by atoms with E-state index in [9.17, 15) is 33.9 Å². The van der Waals surface area contributed by atoms with Gasteiger partial charge >= 0.3 is 5.97 Å². The van der Waals surface area contributed by atoms with Gasteiger partial charge in [-0.05, 0) is 85.7 Å². The molecule has 1 rings (SSSR count). The van der Waals surface area contributed by atoms with Crippen LogP contribution in [-0.4, -0.2) is 112 Å². The summed E-state index contributed by atoms with van der Waals surface area (Å²) in [5.41, 5.74) is 1.11. The van der Waals surface area contributed by atoms with Gasteiger partial charge in [-0.25, -0.2) is 4.79 Å². The Morgan fingerprint density at radius 2 is 1.29 bits per heavy atom. The lowest BCUT2D eigenvalue weighted by molar-refractivity contribution is -0.142. The highest BCUT2D eigenvalue weighted by molar-refractivity contribution is 14.1. The predicted octanol–water partition coefficient (Wildman–Crippen LogP) is 3.01. The van der Waals surface area contributed by atoms with Crippen molar-refractivity contribution in [1.29, 1.82) is 0 Å². The average molecular weight is 834 g/mol. The van der Waals surface area contributed by atoms with Gasteiger partial charge in [-0.3, -0.25) is 24.0 Å². The molecule has 0 saturated heterocycles. The number of amides is 3. The number of Topliss-reactive ketones (excluding diaryl/α,β-unsaturated/α-hetero) is 2. The Bertz CT molecular complexity index is 1180. The molecule has 0 fully saturated rings. The minimum atomic E-state index is -1.17. The number of ether oxygens (including phenoxy) is 4. The molecule has 1 aromatic rings. The molecule has 0 radical (unpaired) electrons. The topological polar surface area (TPSA) is 196 Å². The number of rotatable bonds is 32. The average Bonchev–Trinajstić information content (AvgIpc) is 3.09. The first-order valence-corrected chi connectivity index (χ1v) is 18.7. The molecule has 0 aliphatic heterocycles. The molecule has 0 unspecified atom stereocenters. The molecule has 0 aliphatic carbocycles. The third kappa shape index (κ3) is 26.4. The number of benzene rings is 1. The van der Waals surface area contributed by atoms with Crippen LogP contribution in [0.25, 0.3) is 0 Å².